The Kier molecular flexibility index (Phi) is 5.45. The lowest BCUT2D eigenvalue weighted by Gasteiger charge is -2.15. The van der Waals surface area contributed by atoms with Gasteiger partial charge in [-0.05, 0) is 60.4 Å². The van der Waals surface area contributed by atoms with Gasteiger partial charge >= 0.3 is 0 Å². The van der Waals surface area contributed by atoms with E-state index in [1.807, 2.05) is 42.5 Å². The van der Waals surface area contributed by atoms with Gasteiger partial charge in [-0.25, -0.2) is 4.39 Å². The summed E-state index contributed by atoms with van der Waals surface area (Å²) in [5.41, 5.74) is 6.02. The number of nitrogens with zero attached hydrogens (tertiary/aromatic N) is 1. The summed E-state index contributed by atoms with van der Waals surface area (Å²) in [6.07, 6.45) is 1.91. The zero-order valence-electron chi connectivity index (χ0n) is 17.7. The maximum Gasteiger partial charge on any atom is 0.126 e. The lowest BCUT2D eigenvalue weighted by molar-refractivity contribution is 0.306. The number of hydrogen-bond acceptors (Lipinski definition) is 1. The molecule has 1 aromatic heterocycles. The summed E-state index contributed by atoms with van der Waals surface area (Å²) in [4.78, 5) is 0. The maximum absolute atomic E-state index is 13.9. The molecule has 1 heterocycles. The molecular weight excluding hydrogens is 373 g/mol. The fraction of sp³-hybridized carbons (Fsp3) is 0.185. The summed E-state index contributed by atoms with van der Waals surface area (Å²) >= 11 is 0. The molecule has 0 atom stereocenters. The largest absolute Gasteiger partial charge is 0.489 e. The monoisotopic (exact) mass is 399 g/mol. The molecule has 0 N–H and O–H groups in total. The second-order valence-corrected chi connectivity index (χ2v) is 7.88. The van der Waals surface area contributed by atoms with Crippen molar-refractivity contribution >= 4 is 17.0 Å². The molecule has 0 radical (unpaired) electrons. The molecule has 0 saturated heterocycles. The minimum atomic E-state index is -0.193. The van der Waals surface area contributed by atoms with E-state index >= 15 is 0 Å². The first-order chi connectivity index (χ1) is 14.5. The molecule has 30 heavy (non-hydrogen) atoms. The van der Waals surface area contributed by atoms with Crippen LogP contribution in [0.5, 0.6) is 5.75 Å². The Morgan fingerprint density at radius 2 is 1.80 bits per heavy atom. The number of fused-ring (bicyclic) bond motifs is 1. The molecule has 0 fully saturated rings. The lowest BCUT2D eigenvalue weighted by Crippen LogP contribution is -2.03. The van der Waals surface area contributed by atoms with Crippen molar-refractivity contribution < 1.29 is 9.13 Å². The van der Waals surface area contributed by atoms with Gasteiger partial charge in [0.1, 0.15) is 18.2 Å². The zero-order valence-corrected chi connectivity index (χ0v) is 17.7. The molecule has 0 amide bonds. The fourth-order valence-corrected chi connectivity index (χ4v) is 3.97. The van der Waals surface area contributed by atoms with E-state index < -0.39 is 0 Å². The van der Waals surface area contributed by atoms with E-state index in [9.17, 15) is 4.39 Å². The first-order valence-electron chi connectivity index (χ1n) is 10.2. The van der Waals surface area contributed by atoms with E-state index in [4.69, 9.17) is 4.74 Å². The van der Waals surface area contributed by atoms with E-state index in [-0.39, 0.29) is 11.7 Å². The molecule has 0 aliphatic heterocycles. The molecule has 0 bridgehead atoms. The summed E-state index contributed by atoms with van der Waals surface area (Å²) in [6.45, 7) is 10.7. The highest BCUT2D eigenvalue weighted by molar-refractivity contribution is 5.93. The Morgan fingerprint density at radius 1 is 1.03 bits per heavy atom. The van der Waals surface area contributed by atoms with Gasteiger partial charge in [0.25, 0.3) is 0 Å². The summed E-state index contributed by atoms with van der Waals surface area (Å²) in [5.74, 6) is 0.892. The van der Waals surface area contributed by atoms with Gasteiger partial charge in [0, 0.05) is 22.3 Å². The highest BCUT2D eigenvalue weighted by Crippen LogP contribution is 2.37. The van der Waals surface area contributed by atoms with Crippen molar-refractivity contribution in [3.05, 3.63) is 102 Å². The van der Waals surface area contributed by atoms with E-state index in [1.165, 1.54) is 6.07 Å². The van der Waals surface area contributed by atoms with Crippen molar-refractivity contribution in [1.29, 1.82) is 0 Å². The van der Waals surface area contributed by atoms with Crippen molar-refractivity contribution in [2.45, 2.75) is 33.3 Å². The van der Waals surface area contributed by atoms with Crippen LogP contribution in [0.25, 0.3) is 22.7 Å². The van der Waals surface area contributed by atoms with Gasteiger partial charge in [0.2, 0.25) is 0 Å². The number of hydrogen-bond donors (Lipinski definition) is 0. The summed E-state index contributed by atoms with van der Waals surface area (Å²) in [6, 6.07) is 21.5. The van der Waals surface area contributed by atoms with E-state index in [0.29, 0.717) is 12.2 Å². The third-order valence-corrected chi connectivity index (χ3v) is 5.41. The summed E-state index contributed by atoms with van der Waals surface area (Å²) in [5, 5.41) is 1.08. The van der Waals surface area contributed by atoms with Crippen LogP contribution >= 0.6 is 0 Å². The summed E-state index contributed by atoms with van der Waals surface area (Å²) in [7, 11) is 0. The minimum Gasteiger partial charge on any atom is -0.489 e. The van der Waals surface area contributed by atoms with E-state index in [1.54, 1.807) is 6.92 Å². The molecule has 4 rings (SSSR count). The molecule has 2 nitrogen and oxygen atoms in total. The lowest BCUT2D eigenvalue weighted by atomic mass is 10.0. The van der Waals surface area contributed by atoms with Gasteiger partial charge in [0.15, 0.2) is 0 Å². The third kappa shape index (κ3) is 3.63. The number of aromatic nitrogens is 1. The Hall–Kier alpha value is -3.33. The first-order valence-corrected chi connectivity index (χ1v) is 10.2. The number of halogens is 1. The highest BCUT2D eigenvalue weighted by Gasteiger charge is 2.20. The van der Waals surface area contributed by atoms with Crippen LogP contribution in [0.15, 0.2) is 73.3 Å². The number of ether oxygens (including phenoxy) is 1. The quantitative estimate of drug-likeness (QED) is 0.329. The van der Waals surface area contributed by atoms with Gasteiger partial charge < -0.3 is 9.30 Å². The number of aryl methyl sites for hydroxylation is 1. The van der Waals surface area contributed by atoms with Crippen LogP contribution in [0.2, 0.25) is 0 Å². The molecule has 3 heteroatoms. The predicted octanol–water partition coefficient (Wildman–Crippen LogP) is 7.42. The zero-order chi connectivity index (χ0) is 21.3. The van der Waals surface area contributed by atoms with Crippen LogP contribution in [0.1, 0.15) is 42.1 Å². The van der Waals surface area contributed by atoms with Crippen molar-refractivity contribution in [1.82, 2.24) is 4.57 Å². The fourth-order valence-electron chi connectivity index (χ4n) is 3.97. The van der Waals surface area contributed by atoms with Crippen LogP contribution < -0.4 is 4.74 Å². The van der Waals surface area contributed by atoms with Gasteiger partial charge in [-0.15, -0.1) is 0 Å². The van der Waals surface area contributed by atoms with Crippen molar-refractivity contribution in [3.63, 3.8) is 0 Å². The van der Waals surface area contributed by atoms with Crippen LogP contribution in [0, 0.1) is 12.7 Å². The second kappa shape index (κ2) is 8.19. The van der Waals surface area contributed by atoms with Crippen LogP contribution in [-0.4, -0.2) is 4.57 Å². The standard InChI is InChI=1S/C27H26FNO/c1-5-23-24-16-22(30-17-20-9-7-6-8-10-20)12-14-26(24)29(27(23)18(2)3)21-11-13-25(28)19(4)15-21/h5-16,18H,1,17H2,2-4H3. The van der Waals surface area contributed by atoms with Gasteiger partial charge in [-0.2, -0.15) is 0 Å². The van der Waals surface area contributed by atoms with Crippen LogP contribution in [0.3, 0.4) is 0 Å². The predicted molar refractivity (Wildman–Crippen MR) is 123 cm³/mol. The molecule has 0 aliphatic rings. The van der Waals surface area contributed by atoms with Crippen molar-refractivity contribution in [3.8, 4) is 11.4 Å². The smallest absolute Gasteiger partial charge is 0.126 e. The van der Waals surface area contributed by atoms with Gasteiger partial charge in [-0.1, -0.05) is 56.8 Å². The highest BCUT2D eigenvalue weighted by atomic mass is 19.1. The molecule has 3 aromatic carbocycles. The third-order valence-electron chi connectivity index (χ3n) is 5.41. The second-order valence-electron chi connectivity index (χ2n) is 7.88. The molecule has 0 aliphatic carbocycles. The Balaban J connectivity index is 1.84. The molecule has 0 unspecified atom stereocenters. The Morgan fingerprint density at radius 3 is 2.47 bits per heavy atom. The summed E-state index contributed by atoms with van der Waals surface area (Å²) < 4.78 is 22.2. The first kappa shape index (κ1) is 20.0. The average Bonchev–Trinajstić information content (AvgIpc) is 3.09. The number of benzene rings is 3. The normalized spacial score (nSPS) is 11.2. The SMILES string of the molecule is C=Cc1c(C(C)C)n(-c2ccc(F)c(C)c2)c2ccc(OCc3ccccc3)cc12. The van der Waals surface area contributed by atoms with E-state index in [0.717, 1.165) is 39.2 Å². The Labute approximate surface area is 177 Å². The van der Waals surface area contributed by atoms with Crippen molar-refractivity contribution in [2.75, 3.05) is 0 Å². The molecule has 0 saturated carbocycles. The topological polar surface area (TPSA) is 14.2 Å². The average molecular weight is 400 g/mol. The minimum absolute atomic E-state index is 0.193. The van der Waals surface area contributed by atoms with E-state index in [2.05, 4.69) is 49.3 Å². The number of rotatable bonds is 6. The van der Waals surface area contributed by atoms with Crippen LogP contribution in [0.4, 0.5) is 4.39 Å². The molecule has 152 valence electrons. The molecule has 0 spiro atoms. The Bertz CT molecular complexity index is 1200. The molecular formula is C27H26FNO. The molecule has 4 aromatic rings. The van der Waals surface area contributed by atoms with Gasteiger partial charge in [-0.3, -0.25) is 0 Å². The van der Waals surface area contributed by atoms with Crippen LogP contribution in [-0.2, 0) is 6.61 Å². The van der Waals surface area contributed by atoms with Crippen molar-refractivity contribution in [2.24, 2.45) is 0 Å². The van der Waals surface area contributed by atoms with Gasteiger partial charge in [0.05, 0.1) is 5.52 Å². The maximum atomic E-state index is 13.9.